The molecule has 0 aromatic carbocycles. The number of amides is 1. The van der Waals surface area contributed by atoms with Crippen LogP contribution in [0.2, 0.25) is 0 Å². The molecule has 0 N–H and O–H groups in total. The van der Waals surface area contributed by atoms with Crippen LogP contribution in [0, 0.1) is 0 Å². The van der Waals surface area contributed by atoms with E-state index in [4.69, 9.17) is 8.94 Å². The van der Waals surface area contributed by atoms with E-state index in [0.29, 0.717) is 12.3 Å². The molecule has 4 heterocycles. The number of thiophene rings is 1. The van der Waals surface area contributed by atoms with Gasteiger partial charge in [0.25, 0.3) is 5.91 Å². The smallest absolute Gasteiger partial charge is 0.290 e. The van der Waals surface area contributed by atoms with E-state index in [1.165, 1.54) is 6.26 Å². The van der Waals surface area contributed by atoms with Crippen molar-refractivity contribution >= 4 is 17.2 Å². The summed E-state index contributed by atoms with van der Waals surface area (Å²) >= 11 is 1.62. The number of carbonyl (C=O) groups excluding carboxylic acids is 1. The molecule has 24 heavy (non-hydrogen) atoms. The zero-order valence-electron chi connectivity index (χ0n) is 13.2. The van der Waals surface area contributed by atoms with Gasteiger partial charge in [-0.05, 0) is 36.4 Å². The molecule has 1 saturated heterocycles. The van der Waals surface area contributed by atoms with Crippen molar-refractivity contribution in [2.45, 2.75) is 31.7 Å². The van der Waals surface area contributed by atoms with Crippen molar-refractivity contribution in [3.8, 4) is 10.6 Å². The predicted molar refractivity (Wildman–Crippen MR) is 90.8 cm³/mol. The van der Waals surface area contributed by atoms with E-state index in [-0.39, 0.29) is 11.9 Å². The minimum absolute atomic E-state index is 0.0671. The summed E-state index contributed by atoms with van der Waals surface area (Å²) in [5.74, 6) is 1.06. The molecule has 1 atom stereocenters. The van der Waals surface area contributed by atoms with Crippen molar-refractivity contribution in [1.29, 1.82) is 0 Å². The number of nitrogens with zero attached hydrogens (tertiary/aromatic N) is 2. The summed E-state index contributed by atoms with van der Waals surface area (Å²) in [6, 6.07) is 9.34. The maximum Gasteiger partial charge on any atom is 0.290 e. The molecule has 5 nitrogen and oxygen atoms in total. The fraction of sp³-hybridized carbons (Fsp3) is 0.333. The fourth-order valence-electron chi connectivity index (χ4n) is 3.18. The average Bonchev–Trinajstić information content (AvgIpc) is 3.33. The molecule has 6 heteroatoms. The van der Waals surface area contributed by atoms with Crippen LogP contribution in [0.4, 0.5) is 0 Å². The Morgan fingerprint density at radius 3 is 3.00 bits per heavy atom. The van der Waals surface area contributed by atoms with Gasteiger partial charge in [0.05, 0.1) is 17.2 Å². The average molecular weight is 342 g/mol. The number of hydrogen-bond acceptors (Lipinski definition) is 5. The van der Waals surface area contributed by atoms with Gasteiger partial charge < -0.3 is 13.8 Å². The summed E-state index contributed by atoms with van der Waals surface area (Å²) in [6.45, 7) is 0.714. The largest absolute Gasteiger partial charge is 0.459 e. The molecule has 0 bridgehead atoms. The normalized spacial score (nSPS) is 18.5. The predicted octanol–water partition coefficient (Wildman–Crippen LogP) is 4.75. The fourth-order valence-corrected chi connectivity index (χ4v) is 3.85. The molecule has 0 spiro atoms. The second-order valence-electron chi connectivity index (χ2n) is 5.93. The third kappa shape index (κ3) is 2.89. The maximum absolute atomic E-state index is 12.8. The van der Waals surface area contributed by atoms with E-state index in [2.05, 4.69) is 5.16 Å². The molecular formula is C18H18N2O3S. The van der Waals surface area contributed by atoms with Crippen LogP contribution in [-0.4, -0.2) is 22.5 Å². The van der Waals surface area contributed by atoms with E-state index in [0.717, 1.165) is 42.0 Å². The van der Waals surface area contributed by atoms with Gasteiger partial charge in [-0.15, -0.1) is 11.3 Å². The van der Waals surface area contributed by atoms with E-state index >= 15 is 0 Å². The van der Waals surface area contributed by atoms with Gasteiger partial charge in [-0.3, -0.25) is 4.79 Å². The molecule has 0 saturated carbocycles. The van der Waals surface area contributed by atoms with Crippen LogP contribution in [0.3, 0.4) is 0 Å². The molecule has 0 unspecified atom stereocenters. The summed E-state index contributed by atoms with van der Waals surface area (Å²) in [5.41, 5.74) is 0.820. The highest BCUT2D eigenvalue weighted by Gasteiger charge is 2.31. The number of carbonyl (C=O) groups is 1. The van der Waals surface area contributed by atoms with Crippen molar-refractivity contribution in [1.82, 2.24) is 10.1 Å². The minimum Gasteiger partial charge on any atom is -0.459 e. The number of furan rings is 1. The molecule has 0 radical (unpaired) electrons. The number of rotatable bonds is 3. The molecule has 1 aliphatic heterocycles. The van der Waals surface area contributed by atoms with Gasteiger partial charge in [0.2, 0.25) is 0 Å². The van der Waals surface area contributed by atoms with Gasteiger partial charge in [-0.2, -0.15) is 0 Å². The summed E-state index contributed by atoms with van der Waals surface area (Å²) < 4.78 is 10.8. The van der Waals surface area contributed by atoms with Gasteiger partial charge >= 0.3 is 0 Å². The SMILES string of the molecule is O=C(c1ccco1)N1CCCCC[C@H]1c1cc(-c2cccs2)on1. The van der Waals surface area contributed by atoms with Crippen molar-refractivity contribution < 1.29 is 13.7 Å². The number of likely N-dealkylation sites (tertiary alicyclic amines) is 1. The lowest BCUT2D eigenvalue weighted by molar-refractivity contribution is 0.0641. The molecule has 4 rings (SSSR count). The van der Waals surface area contributed by atoms with Crippen molar-refractivity contribution in [3.05, 3.63) is 53.4 Å². The van der Waals surface area contributed by atoms with Gasteiger partial charge in [-0.25, -0.2) is 0 Å². The van der Waals surface area contributed by atoms with Crippen LogP contribution < -0.4 is 0 Å². The van der Waals surface area contributed by atoms with Crippen molar-refractivity contribution in [2.75, 3.05) is 6.54 Å². The Morgan fingerprint density at radius 2 is 2.21 bits per heavy atom. The third-order valence-corrected chi connectivity index (χ3v) is 5.26. The Labute approximate surface area is 143 Å². The van der Waals surface area contributed by atoms with Crippen LogP contribution in [0.1, 0.15) is 48.0 Å². The van der Waals surface area contributed by atoms with Crippen molar-refractivity contribution in [2.24, 2.45) is 0 Å². The van der Waals surface area contributed by atoms with Crippen LogP contribution in [0.5, 0.6) is 0 Å². The second kappa shape index (κ2) is 6.65. The number of aromatic nitrogens is 1. The summed E-state index contributed by atoms with van der Waals surface area (Å²) in [6.07, 6.45) is 5.62. The first-order chi connectivity index (χ1) is 11.8. The summed E-state index contributed by atoms with van der Waals surface area (Å²) in [7, 11) is 0. The van der Waals surface area contributed by atoms with Crippen LogP contribution in [-0.2, 0) is 0 Å². The van der Waals surface area contributed by atoms with Crippen molar-refractivity contribution in [3.63, 3.8) is 0 Å². The number of hydrogen-bond donors (Lipinski definition) is 0. The van der Waals surface area contributed by atoms with Crippen LogP contribution >= 0.6 is 11.3 Å². The zero-order valence-corrected chi connectivity index (χ0v) is 14.0. The Hall–Kier alpha value is -2.34. The Balaban J connectivity index is 1.64. The van der Waals surface area contributed by atoms with Crippen LogP contribution in [0.15, 0.2) is 50.9 Å². The van der Waals surface area contributed by atoms with E-state index in [1.807, 2.05) is 28.5 Å². The van der Waals surface area contributed by atoms with Gasteiger partial charge in [-0.1, -0.05) is 24.1 Å². The standard InChI is InChI=1S/C18H18N2O3S/c21-18(15-7-4-10-22-15)20-9-3-1-2-6-14(20)13-12-16(23-19-13)17-8-5-11-24-17/h4-5,7-8,10-12,14H,1-3,6,9H2/t14-/m0/s1. The zero-order chi connectivity index (χ0) is 16.4. The topological polar surface area (TPSA) is 59.5 Å². The highest BCUT2D eigenvalue weighted by atomic mass is 32.1. The highest BCUT2D eigenvalue weighted by Crippen LogP contribution is 2.34. The Kier molecular flexibility index (Phi) is 4.21. The molecule has 124 valence electrons. The van der Waals surface area contributed by atoms with E-state index < -0.39 is 0 Å². The quantitative estimate of drug-likeness (QED) is 0.689. The maximum atomic E-state index is 12.8. The summed E-state index contributed by atoms with van der Waals surface area (Å²) in [4.78, 5) is 15.7. The van der Waals surface area contributed by atoms with Crippen LogP contribution in [0.25, 0.3) is 10.6 Å². The molecule has 1 amide bonds. The highest BCUT2D eigenvalue weighted by molar-refractivity contribution is 7.13. The second-order valence-corrected chi connectivity index (χ2v) is 6.88. The van der Waals surface area contributed by atoms with Gasteiger partial charge in [0.1, 0.15) is 5.69 Å². The molecule has 1 fully saturated rings. The molecular weight excluding hydrogens is 324 g/mol. The van der Waals surface area contributed by atoms with Gasteiger partial charge in [0.15, 0.2) is 11.5 Å². The molecule has 3 aromatic rings. The van der Waals surface area contributed by atoms with E-state index in [9.17, 15) is 4.79 Å². The minimum atomic E-state index is -0.0763. The Morgan fingerprint density at radius 1 is 1.25 bits per heavy atom. The lowest BCUT2D eigenvalue weighted by Gasteiger charge is -2.27. The molecule has 3 aromatic heterocycles. The van der Waals surface area contributed by atoms with E-state index in [1.54, 1.807) is 23.5 Å². The first kappa shape index (κ1) is 15.2. The third-order valence-electron chi connectivity index (χ3n) is 4.38. The first-order valence-corrected chi connectivity index (χ1v) is 9.06. The Bertz CT molecular complexity index is 792. The molecule has 1 aliphatic rings. The van der Waals surface area contributed by atoms with Gasteiger partial charge in [0, 0.05) is 12.6 Å². The summed E-state index contributed by atoms with van der Waals surface area (Å²) in [5, 5.41) is 6.27. The molecule has 0 aliphatic carbocycles. The first-order valence-electron chi connectivity index (χ1n) is 8.18. The monoisotopic (exact) mass is 342 g/mol. The lowest BCUT2D eigenvalue weighted by atomic mass is 10.1. The lowest BCUT2D eigenvalue weighted by Crippen LogP contribution is -2.34.